The Morgan fingerprint density at radius 1 is 1.19 bits per heavy atom. The van der Waals surface area contributed by atoms with E-state index in [9.17, 15) is 14.4 Å². The summed E-state index contributed by atoms with van der Waals surface area (Å²) in [4.78, 5) is 44.2. The molecule has 7 nitrogen and oxygen atoms in total. The van der Waals surface area contributed by atoms with E-state index in [1.54, 1.807) is 0 Å². The zero-order valence-corrected chi connectivity index (χ0v) is 19.8. The van der Waals surface area contributed by atoms with Crippen molar-refractivity contribution in [3.8, 4) is 5.75 Å². The largest absolute Gasteiger partial charge is 0.486 e. The summed E-state index contributed by atoms with van der Waals surface area (Å²) in [5.74, 6) is 0.743. The van der Waals surface area contributed by atoms with Gasteiger partial charge in [0.25, 0.3) is 0 Å². The molecule has 0 bridgehead atoms. The Hall–Kier alpha value is -2.41. The molecule has 3 heterocycles. The molecule has 1 atom stereocenters. The van der Waals surface area contributed by atoms with Gasteiger partial charge in [0.15, 0.2) is 5.78 Å². The second-order valence-corrected chi connectivity index (χ2v) is 9.99. The average Bonchev–Trinajstić information content (AvgIpc) is 3.11. The van der Waals surface area contributed by atoms with Crippen molar-refractivity contribution < 1.29 is 19.1 Å². The lowest BCUT2D eigenvalue weighted by Crippen LogP contribution is -2.53. The summed E-state index contributed by atoms with van der Waals surface area (Å²) in [6.07, 6.45) is 2.88. The van der Waals surface area contributed by atoms with Crippen molar-refractivity contribution in [3.05, 3.63) is 28.8 Å². The van der Waals surface area contributed by atoms with Crippen LogP contribution in [0.15, 0.2) is 12.1 Å². The molecule has 3 aliphatic heterocycles. The fourth-order valence-corrected chi connectivity index (χ4v) is 5.18. The summed E-state index contributed by atoms with van der Waals surface area (Å²) in [5, 5.41) is 0. The fraction of sp³-hybridized carbons (Fsp3) is 0.640. The summed E-state index contributed by atoms with van der Waals surface area (Å²) in [6, 6.07) is 3.84. The van der Waals surface area contributed by atoms with E-state index >= 15 is 0 Å². The van der Waals surface area contributed by atoms with Crippen LogP contribution in [0, 0.1) is 19.8 Å². The molecule has 3 aliphatic rings. The number of carbonyl (C=O) groups is 3. The SMILES string of the molecule is Cc1ccc2c(c1C)OC1(CCN(C(=O)C3CC(=O)N(CCCN(C)C)C3)CC1)CC2=O. The zero-order valence-electron chi connectivity index (χ0n) is 19.8. The predicted molar refractivity (Wildman–Crippen MR) is 122 cm³/mol. The van der Waals surface area contributed by atoms with Crippen LogP contribution >= 0.6 is 0 Å². The Morgan fingerprint density at radius 3 is 2.59 bits per heavy atom. The van der Waals surface area contributed by atoms with Gasteiger partial charge in [-0.3, -0.25) is 14.4 Å². The number of amides is 2. The van der Waals surface area contributed by atoms with Crippen LogP contribution in [0.5, 0.6) is 5.75 Å². The molecule has 174 valence electrons. The molecule has 0 N–H and O–H groups in total. The maximum Gasteiger partial charge on any atom is 0.227 e. The smallest absolute Gasteiger partial charge is 0.227 e. The number of Topliss-reactive ketones (excluding diaryl/α,β-unsaturated/α-hetero) is 1. The average molecular weight is 442 g/mol. The number of fused-ring (bicyclic) bond motifs is 1. The predicted octanol–water partition coefficient (Wildman–Crippen LogP) is 2.43. The molecule has 2 saturated heterocycles. The third-order valence-electron chi connectivity index (χ3n) is 7.36. The van der Waals surface area contributed by atoms with Crippen LogP contribution in [-0.4, -0.2) is 84.7 Å². The van der Waals surface area contributed by atoms with Crippen molar-refractivity contribution in [1.29, 1.82) is 0 Å². The minimum Gasteiger partial charge on any atom is -0.486 e. The summed E-state index contributed by atoms with van der Waals surface area (Å²) >= 11 is 0. The normalized spacial score (nSPS) is 22.5. The Balaban J connectivity index is 1.36. The topological polar surface area (TPSA) is 70.2 Å². The number of benzene rings is 1. The van der Waals surface area contributed by atoms with Gasteiger partial charge in [0, 0.05) is 45.4 Å². The molecule has 1 unspecified atom stereocenters. The molecule has 1 spiro atoms. The summed E-state index contributed by atoms with van der Waals surface area (Å²) in [6.45, 7) is 7.32. The molecular weight excluding hydrogens is 406 g/mol. The van der Waals surface area contributed by atoms with Gasteiger partial charge in [-0.1, -0.05) is 6.07 Å². The van der Waals surface area contributed by atoms with Crippen molar-refractivity contribution in [2.75, 3.05) is 46.8 Å². The highest BCUT2D eigenvalue weighted by molar-refractivity contribution is 6.01. The lowest BCUT2D eigenvalue weighted by atomic mass is 9.81. The fourth-order valence-electron chi connectivity index (χ4n) is 5.18. The first-order valence-corrected chi connectivity index (χ1v) is 11.7. The molecule has 2 fully saturated rings. The number of piperidine rings is 1. The van der Waals surface area contributed by atoms with Crippen molar-refractivity contribution in [2.45, 2.75) is 51.6 Å². The first-order valence-electron chi connectivity index (χ1n) is 11.7. The van der Waals surface area contributed by atoms with Crippen LogP contribution in [0.25, 0.3) is 0 Å². The van der Waals surface area contributed by atoms with E-state index < -0.39 is 5.60 Å². The minimum absolute atomic E-state index is 0.0675. The molecule has 1 aromatic rings. The number of ether oxygens (including phenoxy) is 1. The van der Waals surface area contributed by atoms with Crippen LogP contribution in [0.2, 0.25) is 0 Å². The number of likely N-dealkylation sites (tertiary alicyclic amines) is 2. The number of nitrogens with zero attached hydrogens (tertiary/aromatic N) is 3. The molecule has 1 aromatic carbocycles. The third kappa shape index (κ3) is 4.40. The Bertz CT molecular complexity index is 918. The van der Waals surface area contributed by atoms with Crippen LogP contribution in [-0.2, 0) is 9.59 Å². The molecule has 4 rings (SSSR count). The highest BCUT2D eigenvalue weighted by Crippen LogP contribution is 2.42. The lowest BCUT2D eigenvalue weighted by Gasteiger charge is -2.44. The summed E-state index contributed by atoms with van der Waals surface area (Å²) in [5.41, 5.74) is 2.29. The van der Waals surface area contributed by atoms with Gasteiger partial charge in [0.2, 0.25) is 11.8 Å². The van der Waals surface area contributed by atoms with Gasteiger partial charge in [-0.25, -0.2) is 0 Å². The Kier molecular flexibility index (Phi) is 6.30. The maximum atomic E-state index is 13.1. The number of rotatable bonds is 5. The van der Waals surface area contributed by atoms with Crippen LogP contribution in [0.4, 0.5) is 0 Å². The van der Waals surface area contributed by atoms with Crippen LogP contribution < -0.4 is 4.74 Å². The molecule has 0 aromatic heterocycles. The number of hydrogen-bond acceptors (Lipinski definition) is 5. The van der Waals surface area contributed by atoms with E-state index in [0.29, 0.717) is 57.4 Å². The van der Waals surface area contributed by atoms with Gasteiger partial charge in [0.05, 0.1) is 17.9 Å². The van der Waals surface area contributed by atoms with Crippen molar-refractivity contribution in [1.82, 2.24) is 14.7 Å². The van der Waals surface area contributed by atoms with Gasteiger partial charge in [-0.2, -0.15) is 0 Å². The quantitative estimate of drug-likeness (QED) is 0.702. The van der Waals surface area contributed by atoms with E-state index in [4.69, 9.17) is 4.74 Å². The number of hydrogen-bond donors (Lipinski definition) is 0. The highest BCUT2D eigenvalue weighted by atomic mass is 16.5. The zero-order chi connectivity index (χ0) is 23.0. The standard InChI is InChI=1S/C25H35N3O4/c1-17-6-7-20-21(29)15-25(32-23(20)18(17)2)8-12-27(13-9-25)24(31)19-14-22(30)28(16-19)11-5-10-26(3)4/h6-7,19H,5,8-16H2,1-4H3. The van der Waals surface area contributed by atoms with Crippen LogP contribution in [0.1, 0.15) is 53.6 Å². The summed E-state index contributed by atoms with van der Waals surface area (Å²) in [7, 11) is 4.04. The highest BCUT2D eigenvalue weighted by Gasteiger charge is 2.45. The van der Waals surface area contributed by atoms with E-state index in [1.807, 2.05) is 49.9 Å². The second-order valence-electron chi connectivity index (χ2n) is 9.99. The van der Waals surface area contributed by atoms with Crippen molar-refractivity contribution in [2.24, 2.45) is 5.92 Å². The molecule has 7 heteroatoms. The lowest BCUT2D eigenvalue weighted by molar-refractivity contribution is -0.139. The van der Waals surface area contributed by atoms with Gasteiger partial charge in [0.1, 0.15) is 11.4 Å². The van der Waals surface area contributed by atoms with E-state index in [0.717, 1.165) is 29.8 Å². The Labute approximate surface area is 190 Å². The monoisotopic (exact) mass is 441 g/mol. The van der Waals surface area contributed by atoms with Crippen molar-refractivity contribution in [3.63, 3.8) is 0 Å². The van der Waals surface area contributed by atoms with Gasteiger partial charge >= 0.3 is 0 Å². The molecule has 2 amide bonds. The van der Waals surface area contributed by atoms with Gasteiger partial charge < -0.3 is 19.4 Å². The van der Waals surface area contributed by atoms with Crippen LogP contribution in [0.3, 0.4) is 0 Å². The van der Waals surface area contributed by atoms with Gasteiger partial charge in [-0.15, -0.1) is 0 Å². The third-order valence-corrected chi connectivity index (χ3v) is 7.36. The molecule has 0 saturated carbocycles. The first kappa shape index (κ1) is 22.8. The number of ketones is 1. The molecule has 0 radical (unpaired) electrons. The maximum absolute atomic E-state index is 13.1. The molecule has 32 heavy (non-hydrogen) atoms. The number of aryl methyl sites for hydroxylation is 1. The second kappa shape index (κ2) is 8.85. The van der Waals surface area contributed by atoms with Crippen molar-refractivity contribution >= 4 is 17.6 Å². The molecule has 0 aliphatic carbocycles. The minimum atomic E-state index is -0.525. The number of carbonyl (C=O) groups excluding carboxylic acids is 3. The van der Waals surface area contributed by atoms with E-state index in [2.05, 4.69) is 4.90 Å². The first-order chi connectivity index (χ1) is 15.2. The van der Waals surface area contributed by atoms with E-state index in [-0.39, 0.29) is 23.5 Å². The van der Waals surface area contributed by atoms with E-state index in [1.165, 1.54) is 0 Å². The summed E-state index contributed by atoms with van der Waals surface area (Å²) < 4.78 is 6.47. The van der Waals surface area contributed by atoms with Gasteiger partial charge in [-0.05, 0) is 58.1 Å². The Morgan fingerprint density at radius 2 is 1.91 bits per heavy atom. The molecular formula is C25H35N3O4.